The molecule has 2 heterocycles. The molecule has 0 saturated carbocycles. The third-order valence-corrected chi connectivity index (χ3v) is 5.33. The molecule has 0 aliphatic heterocycles. The molecule has 4 rings (SSSR count). The van der Waals surface area contributed by atoms with E-state index in [1.54, 1.807) is 22.9 Å². The van der Waals surface area contributed by atoms with Crippen LogP contribution in [0.1, 0.15) is 31.1 Å². The van der Waals surface area contributed by atoms with Crippen molar-refractivity contribution >= 4 is 12.0 Å². The third kappa shape index (κ3) is 6.06. The Labute approximate surface area is 204 Å². The van der Waals surface area contributed by atoms with Gasteiger partial charge in [-0.3, -0.25) is 4.79 Å². The maximum Gasteiger partial charge on any atom is 0.262 e. The first kappa shape index (κ1) is 23.6. The minimum Gasteiger partial charge on any atom is -0.494 e. The number of hydrogen-bond acceptors (Lipinski definition) is 5. The molecule has 0 unspecified atom stereocenters. The molecule has 35 heavy (non-hydrogen) atoms. The predicted molar refractivity (Wildman–Crippen MR) is 134 cm³/mol. The maximum atomic E-state index is 12.7. The number of para-hydroxylation sites is 1. The third-order valence-electron chi connectivity index (χ3n) is 5.33. The van der Waals surface area contributed by atoms with Crippen LogP contribution in [0.25, 0.3) is 23.0 Å². The number of ether oxygens (including phenoxy) is 1. The lowest BCUT2D eigenvalue weighted by Gasteiger charge is -2.06. The molecule has 7 heteroatoms. The summed E-state index contributed by atoms with van der Waals surface area (Å²) in [5.41, 5.74) is 3.00. The van der Waals surface area contributed by atoms with Gasteiger partial charge in [0.25, 0.3) is 5.91 Å². The summed E-state index contributed by atoms with van der Waals surface area (Å²) in [6.07, 6.45) is 6.98. The quantitative estimate of drug-likeness (QED) is 0.188. The normalized spacial score (nSPS) is 11.1. The molecule has 0 saturated heterocycles. The zero-order valence-corrected chi connectivity index (χ0v) is 19.5. The van der Waals surface area contributed by atoms with Crippen molar-refractivity contribution in [2.45, 2.75) is 26.3 Å². The molecule has 0 fully saturated rings. The Morgan fingerprint density at radius 2 is 1.94 bits per heavy atom. The summed E-state index contributed by atoms with van der Waals surface area (Å²) in [7, 11) is 0. The van der Waals surface area contributed by atoms with Crippen LogP contribution in [-0.2, 0) is 11.3 Å². The number of nitrogens with one attached hydrogen (secondary N) is 1. The van der Waals surface area contributed by atoms with Gasteiger partial charge in [-0.05, 0) is 61.0 Å². The number of benzene rings is 2. The second kappa shape index (κ2) is 11.5. The minimum absolute atomic E-state index is 0.0232. The first-order chi connectivity index (χ1) is 17.2. The van der Waals surface area contributed by atoms with E-state index in [1.165, 1.54) is 6.26 Å². The van der Waals surface area contributed by atoms with E-state index in [0.717, 1.165) is 29.8 Å². The first-order valence-corrected chi connectivity index (χ1v) is 11.5. The van der Waals surface area contributed by atoms with Gasteiger partial charge in [0.2, 0.25) is 0 Å². The van der Waals surface area contributed by atoms with E-state index >= 15 is 0 Å². The number of rotatable bonds is 10. The number of carbonyl (C=O) groups excluding carboxylic acids is 1. The molecule has 0 aliphatic rings. The number of furan rings is 1. The molecule has 2 aromatic carbocycles. The summed E-state index contributed by atoms with van der Waals surface area (Å²) < 4.78 is 12.8. The molecule has 7 nitrogen and oxygen atoms in total. The fourth-order valence-corrected chi connectivity index (χ4v) is 3.45. The van der Waals surface area contributed by atoms with Gasteiger partial charge in [0, 0.05) is 17.3 Å². The molecule has 0 aliphatic carbocycles. The molecule has 0 bridgehead atoms. The van der Waals surface area contributed by atoms with Crippen molar-refractivity contribution in [3.63, 3.8) is 0 Å². The van der Waals surface area contributed by atoms with Crippen molar-refractivity contribution in [3.05, 3.63) is 96.1 Å². The van der Waals surface area contributed by atoms with E-state index in [9.17, 15) is 10.1 Å². The van der Waals surface area contributed by atoms with E-state index in [-0.39, 0.29) is 12.1 Å². The SMILES string of the molecule is CCCCOc1ccc(-c2nn(-c3ccccc3)cc2C=C(C#N)C(=O)NCc2ccco2)cc1. The fraction of sp³-hybridized carbons (Fsp3) is 0.179. The van der Waals surface area contributed by atoms with Gasteiger partial charge in [-0.25, -0.2) is 4.68 Å². The largest absolute Gasteiger partial charge is 0.494 e. The van der Waals surface area contributed by atoms with Crippen LogP contribution in [0.2, 0.25) is 0 Å². The van der Waals surface area contributed by atoms with Crippen molar-refractivity contribution in [1.29, 1.82) is 5.26 Å². The van der Waals surface area contributed by atoms with Crippen molar-refractivity contribution in [3.8, 4) is 28.8 Å². The summed E-state index contributed by atoms with van der Waals surface area (Å²) in [4.78, 5) is 12.7. The number of amides is 1. The second-order valence-corrected chi connectivity index (χ2v) is 7.87. The molecular formula is C28H26N4O3. The van der Waals surface area contributed by atoms with Gasteiger partial charge < -0.3 is 14.5 Å². The number of aromatic nitrogens is 2. The maximum absolute atomic E-state index is 12.7. The average Bonchev–Trinajstić information content (AvgIpc) is 3.57. The zero-order valence-electron chi connectivity index (χ0n) is 19.5. The van der Waals surface area contributed by atoms with Crippen LogP contribution < -0.4 is 10.1 Å². The molecule has 2 aromatic heterocycles. The lowest BCUT2D eigenvalue weighted by atomic mass is 10.1. The van der Waals surface area contributed by atoms with Gasteiger partial charge in [0.15, 0.2) is 0 Å². The summed E-state index contributed by atoms with van der Waals surface area (Å²) in [6, 6.07) is 22.8. The fourth-order valence-electron chi connectivity index (χ4n) is 3.45. The highest BCUT2D eigenvalue weighted by Crippen LogP contribution is 2.27. The van der Waals surface area contributed by atoms with Crippen LogP contribution in [0, 0.1) is 11.3 Å². The summed E-state index contributed by atoms with van der Waals surface area (Å²) >= 11 is 0. The van der Waals surface area contributed by atoms with Gasteiger partial charge >= 0.3 is 0 Å². The standard InChI is InChI=1S/C28H26N4O3/c1-2-3-15-34-25-13-11-21(12-14-25)27-23(20-32(31-27)24-8-5-4-6-9-24)17-22(18-29)28(33)30-19-26-10-7-16-35-26/h4-14,16-17,20H,2-3,15,19H2,1H3,(H,30,33). The smallest absolute Gasteiger partial charge is 0.262 e. The van der Waals surface area contributed by atoms with Crippen LogP contribution in [-0.4, -0.2) is 22.3 Å². The van der Waals surface area contributed by atoms with Crippen LogP contribution in [0.3, 0.4) is 0 Å². The van der Waals surface area contributed by atoms with Crippen LogP contribution in [0.5, 0.6) is 5.75 Å². The highest BCUT2D eigenvalue weighted by Gasteiger charge is 2.15. The summed E-state index contributed by atoms with van der Waals surface area (Å²) in [5.74, 6) is 0.910. The van der Waals surface area contributed by atoms with Gasteiger partial charge in [-0.15, -0.1) is 0 Å². The van der Waals surface area contributed by atoms with Crippen molar-refractivity contribution in [2.75, 3.05) is 6.61 Å². The minimum atomic E-state index is -0.484. The Hall–Kier alpha value is -4.57. The topological polar surface area (TPSA) is 93.1 Å². The van der Waals surface area contributed by atoms with Crippen LogP contribution in [0.4, 0.5) is 0 Å². The summed E-state index contributed by atoms with van der Waals surface area (Å²) in [5, 5.41) is 17.2. The van der Waals surface area contributed by atoms with Crippen molar-refractivity contribution in [1.82, 2.24) is 15.1 Å². The van der Waals surface area contributed by atoms with Gasteiger partial charge in [0.1, 0.15) is 23.2 Å². The van der Waals surface area contributed by atoms with Gasteiger partial charge in [-0.1, -0.05) is 31.5 Å². The van der Waals surface area contributed by atoms with E-state index in [1.807, 2.05) is 66.9 Å². The zero-order chi connectivity index (χ0) is 24.5. The Morgan fingerprint density at radius 3 is 2.63 bits per heavy atom. The highest BCUT2D eigenvalue weighted by atomic mass is 16.5. The van der Waals surface area contributed by atoms with Gasteiger partial charge in [-0.2, -0.15) is 10.4 Å². The second-order valence-electron chi connectivity index (χ2n) is 7.87. The first-order valence-electron chi connectivity index (χ1n) is 11.5. The number of nitrogens with zero attached hydrogens (tertiary/aromatic N) is 3. The van der Waals surface area contributed by atoms with Gasteiger partial charge in [0.05, 0.1) is 30.8 Å². The average molecular weight is 467 g/mol. The predicted octanol–water partition coefficient (Wildman–Crippen LogP) is 5.53. The molecule has 4 aromatic rings. The number of carbonyl (C=O) groups is 1. The molecule has 1 N–H and O–H groups in total. The van der Waals surface area contributed by atoms with E-state index in [0.29, 0.717) is 23.6 Å². The molecule has 0 radical (unpaired) electrons. The molecular weight excluding hydrogens is 440 g/mol. The Kier molecular flexibility index (Phi) is 7.77. The van der Waals surface area contributed by atoms with Crippen LogP contribution in [0.15, 0.2) is 89.2 Å². The van der Waals surface area contributed by atoms with E-state index < -0.39 is 5.91 Å². The summed E-state index contributed by atoms with van der Waals surface area (Å²) in [6.45, 7) is 2.99. The lowest BCUT2D eigenvalue weighted by Crippen LogP contribution is -2.23. The lowest BCUT2D eigenvalue weighted by molar-refractivity contribution is -0.117. The molecule has 1 amide bonds. The number of nitriles is 1. The van der Waals surface area contributed by atoms with Crippen molar-refractivity contribution < 1.29 is 13.9 Å². The number of hydrogen-bond donors (Lipinski definition) is 1. The number of unbranched alkanes of at least 4 members (excludes halogenated alkanes) is 1. The monoisotopic (exact) mass is 466 g/mol. The molecule has 0 atom stereocenters. The molecule has 0 spiro atoms. The molecule has 176 valence electrons. The van der Waals surface area contributed by atoms with E-state index in [4.69, 9.17) is 14.3 Å². The highest BCUT2D eigenvalue weighted by molar-refractivity contribution is 6.02. The van der Waals surface area contributed by atoms with Crippen LogP contribution >= 0.6 is 0 Å². The Balaban J connectivity index is 1.65. The van der Waals surface area contributed by atoms with Crippen molar-refractivity contribution in [2.24, 2.45) is 0 Å². The van der Waals surface area contributed by atoms with E-state index in [2.05, 4.69) is 12.2 Å². The Bertz CT molecular complexity index is 1320. The Morgan fingerprint density at radius 1 is 1.14 bits per heavy atom.